The van der Waals surface area contributed by atoms with Gasteiger partial charge in [0.2, 0.25) is 0 Å². The number of halogens is 1. The second-order valence-electron chi connectivity index (χ2n) is 4.28. The fourth-order valence-corrected chi connectivity index (χ4v) is 2.18. The maximum absolute atomic E-state index is 11.6. The van der Waals surface area contributed by atoms with Crippen LogP contribution in [0.4, 0.5) is 0 Å². The van der Waals surface area contributed by atoms with Crippen molar-refractivity contribution in [3.05, 3.63) is 29.3 Å². The van der Waals surface area contributed by atoms with Gasteiger partial charge in [-0.25, -0.2) is 0 Å². The van der Waals surface area contributed by atoms with E-state index in [1.165, 1.54) is 7.11 Å². The highest BCUT2D eigenvalue weighted by molar-refractivity contribution is 5.85. The van der Waals surface area contributed by atoms with Gasteiger partial charge in [-0.3, -0.25) is 4.79 Å². The van der Waals surface area contributed by atoms with Crippen molar-refractivity contribution in [3.63, 3.8) is 0 Å². The lowest BCUT2D eigenvalue weighted by Gasteiger charge is -2.31. The minimum Gasteiger partial charge on any atom is -0.508 e. The van der Waals surface area contributed by atoms with Gasteiger partial charge in [-0.1, -0.05) is 6.07 Å². The minimum atomic E-state index is -0.918. The SMILES string of the molecule is COC(=O)C1(N)CCc2cc(O)ccc2C1.Cl. The normalized spacial score (nSPS) is 22.2. The molecule has 0 fully saturated rings. The molecule has 0 bridgehead atoms. The van der Waals surface area contributed by atoms with Crippen LogP contribution >= 0.6 is 12.4 Å². The van der Waals surface area contributed by atoms with E-state index < -0.39 is 5.54 Å². The summed E-state index contributed by atoms with van der Waals surface area (Å²) in [5.74, 6) is -0.118. The molecule has 0 saturated heterocycles. The Labute approximate surface area is 106 Å². The van der Waals surface area contributed by atoms with Crippen LogP contribution in [0.5, 0.6) is 5.75 Å². The molecular formula is C12H16ClNO3. The van der Waals surface area contributed by atoms with Crippen LogP contribution < -0.4 is 5.73 Å². The molecule has 0 heterocycles. The summed E-state index contributed by atoms with van der Waals surface area (Å²) in [5, 5.41) is 9.35. The van der Waals surface area contributed by atoms with E-state index in [9.17, 15) is 9.90 Å². The van der Waals surface area contributed by atoms with Crippen molar-refractivity contribution in [2.24, 2.45) is 5.73 Å². The second-order valence-corrected chi connectivity index (χ2v) is 4.28. The minimum absolute atomic E-state index is 0. The lowest BCUT2D eigenvalue weighted by molar-refractivity contribution is -0.147. The molecule has 1 unspecified atom stereocenters. The Morgan fingerprint density at radius 3 is 2.82 bits per heavy atom. The number of hydrogen-bond acceptors (Lipinski definition) is 4. The average molecular weight is 258 g/mol. The van der Waals surface area contributed by atoms with Crippen LogP contribution in [0.3, 0.4) is 0 Å². The first-order valence-corrected chi connectivity index (χ1v) is 5.23. The number of phenolic OH excluding ortho intramolecular Hbond substituents is 1. The Morgan fingerprint density at radius 1 is 1.47 bits per heavy atom. The summed E-state index contributed by atoms with van der Waals surface area (Å²) in [7, 11) is 1.35. The number of aryl methyl sites for hydroxylation is 1. The number of carbonyl (C=O) groups is 1. The van der Waals surface area contributed by atoms with Crippen molar-refractivity contribution in [3.8, 4) is 5.75 Å². The Bertz CT molecular complexity index is 436. The number of ether oxygens (including phenoxy) is 1. The molecule has 1 aliphatic rings. The highest BCUT2D eigenvalue weighted by atomic mass is 35.5. The summed E-state index contributed by atoms with van der Waals surface area (Å²) in [4.78, 5) is 11.6. The molecule has 0 radical (unpaired) electrons. The number of hydrogen-bond donors (Lipinski definition) is 2. The maximum atomic E-state index is 11.6. The third-order valence-corrected chi connectivity index (χ3v) is 3.13. The molecule has 0 saturated carbocycles. The van der Waals surface area contributed by atoms with Crippen molar-refractivity contribution in [2.75, 3.05) is 7.11 Å². The molecule has 1 aromatic carbocycles. The first-order valence-electron chi connectivity index (χ1n) is 5.23. The van der Waals surface area contributed by atoms with E-state index in [1.54, 1.807) is 12.1 Å². The molecule has 1 aliphatic carbocycles. The van der Waals surface area contributed by atoms with E-state index in [1.807, 2.05) is 6.07 Å². The number of aromatic hydroxyl groups is 1. The van der Waals surface area contributed by atoms with Gasteiger partial charge in [-0.05, 0) is 36.1 Å². The zero-order valence-corrected chi connectivity index (χ0v) is 10.4. The molecule has 0 amide bonds. The third kappa shape index (κ3) is 2.53. The molecule has 1 aromatic rings. The van der Waals surface area contributed by atoms with Gasteiger partial charge >= 0.3 is 5.97 Å². The predicted octanol–water partition coefficient (Wildman–Crippen LogP) is 1.17. The van der Waals surface area contributed by atoms with Crippen LogP contribution in [-0.4, -0.2) is 23.7 Å². The number of carbonyl (C=O) groups excluding carboxylic acids is 1. The zero-order valence-electron chi connectivity index (χ0n) is 9.60. The van der Waals surface area contributed by atoms with Crippen molar-refractivity contribution in [2.45, 2.75) is 24.8 Å². The molecule has 1 atom stereocenters. The average Bonchev–Trinajstić information content (AvgIpc) is 2.28. The molecule has 0 spiro atoms. The molecule has 0 aromatic heterocycles. The van der Waals surface area contributed by atoms with Crippen LogP contribution in [0.25, 0.3) is 0 Å². The van der Waals surface area contributed by atoms with Gasteiger partial charge in [0.15, 0.2) is 0 Å². The van der Waals surface area contributed by atoms with Gasteiger partial charge in [0.25, 0.3) is 0 Å². The topological polar surface area (TPSA) is 72.5 Å². The lowest BCUT2D eigenvalue weighted by atomic mass is 9.78. The van der Waals surface area contributed by atoms with Crippen molar-refractivity contribution >= 4 is 18.4 Å². The Kier molecular flexibility index (Phi) is 4.01. The number of methoxy groups -OCH3 is 1. The molecule has 2 rings (SSSR count). The fraction of sp³-hybridized carbons (Fsp3) is 0.417. The Morgan fingerprint density at radius 2 is 2.18 bits per heavy atom. The summed E-state index contributed by atoms with van der Waals surface area (Å²) >= 11 is 0. The van der Waals surface area contributed by atoms with Crippen molar-refractivity contribution in [1.82, 2.24) is 0 Å². The summed E-state index contributed by atoms with van der Waals surface area (Å²) < 4.78 is 4.72. The monoisotopic (exact) mass is 257 g/mol. The summed E-state index contributed by atoms with van der Waals surface area (Å²) in [6, 6.07) is 5.16. The molecule has 5 heteroatoms. The van der Waals surface area contributed by atoms with Crippen LogP contribution in [0.1, 0.15) is 17.5 Å². The number of rotatable bonds is 1. The largest absolute Gasteiger partial charge is 0.508 e. The second kappa shape index (κ2) is 4.94. The quantitative estimate of drug-likeness (QED) is 0.741. The van der Waals surface area contributed by atoms with Gasteiger partial charge in [0.05, 0.1) is 7.11 Å². The predicted molar refractivity (Wildman–Crippen MR) is 66.3 cm³/mol. The van der Waals surface area contributed by atoms with E-state index in [0.29, 0.717) is 19.3 Å². The van der Waals surface area contributed by atoms with Gasteiger partial charge in [-0.15, -0.1) is 12.4 Å². The van der Waals surface area contributed by atoms with Gasteiger partial charge in [-0.2, -0.15) is 0 Å². The van der Waals surface area contributed by atoms with Crippen molar-refractivity contribution < 1.29 is 14.6 Å². The number of phenols is 1. The number of esters is 1. The van der Waals surface area contributed by atoms with E-state index in [4.69, 9.17) is 10.5 Å². The van der Waals surface area contributed by atoms with Gasteiger partial charge in [0, 0.05) is 6.42 Å². The number of nitrogens with two attached hydrogens (primary N) is 1. The molecule has 0 aliphatic heterocycles. The number of fused-ring (bicyclic) bond motifs is 1. The molecule has 4 nitrogen and oxygen atoms in total. The van der Waals surface area contributed by atoms with Gasteiger partial charge < -0.3 is 15.6 Å². The molecular weight excluding hydrogens is 242 g/mol. The molecule has 3 N–H and O–H groups in total. The van der Waals surface area contributed by atoms with Gasteiger partial charge in [0.1, 0.15) is 11.3 Å². The van der Waals surface area contributed by atoms with Crippen LogP contribution in [-0.2, 0) is 22.4 Å². The lowest BCUT2D eigenvalue weighted by Crippen LogP contribution is -2.52. The third-order valence-electron chi connectivity index (χ3n) is 3.13. The highest BCUT2D eigenvalue weighted by Crippen LogP contribution is 2.30. The first-order chi connectivity index (χ1) is 7.55. The van der Waals surface area contributed by atoms with Crippen molar-refractivity contribution in [1.29, 1.82) is 0 Å². The Hall–Kier alpha value is -1.26. The van der Waals surface area contributed by atoms with Crippen LogP contribution in [0.15, 0.2) is 18.2 Å². The smallest absolute Gasteiger partial charge is 0.326 e. The maximum Gasteiger partial charge on any atom is 0.326 e. The van der Waals surface area contributed by atoms with E-state index in [0.717, 1.165) is 11.1 Å². The van der Waals surface area contributed by atoms with Crippen LogP contribution in [0.2, 0.25) is 0 Å². The molecule has 17 heavy (non-hydrogen) atoms. The van der Waals surface area contributed by atoms with Crippen LogP contribution in [0, 0.1) is 0 Å². The van der Waals surface area contributed by atoms with E-state index in [2.05, 4.69) is 0 Å². The van der Waals surface area contributed by atoms with E-state index >= 15 is 0 Å². The summed E-state index contributed by atoms with van der Waals surface area (Å²) in [5.41, 5.74) is 7.18. The first kappa shape index (κ1) is 13.8. The Balaban J connectivity index is 0.00000144. The standard InChI is InChI=1S/C12H15NO3.ClH/c1-16-11(15)12(13)5-4-8-6-10(14)3-2-9(8)7-12;/h2-3,6,14H,4-5,7,13H2,1H3;1H. The van der Waals surface area contributed by atoms with E-state index in [-0.39, 0.29) is 24.1 Å². The molecule has 94 valence electrons. The zero-order chi connectivity index (χ0) is 11.8. The summed E-state index contributed by atoms with van der Waals surface area (Å²) in [6.07, 6.45) is 1.71. The summed E-state index contributed by atoms with van der Waals surface area (Å²) in [6.45, 7) is 0. The highest BCUT2D eigenvalue weighted by Gasteiger charge is 2.38. The fourth-order valence-electron chi connectivity index (χ4n) is 2.18. The number of benzene rings is 1.